The first kappa shape index (κ1) is 20.6. The lowest BCUT2D eigenvalue weighted by Gasteiger charge is -2.16. The number of carbonyl (C=O) groups excluding carboxylic acids is 2. The Bertz CT molecular complexity index is 1270. The van der Waals surface area contributed by atoms with Gasteiger partial charge in [0.2, 0.25) is 5.91 Å². The van der Waals surface area contributed by atoms with E-state index in [0.717, 1.165) is 28.7 Å². The van der Waals surface area contributed by atoms with E-state index in [1.807, 2.05) is 29.2 Å². The van der Waals surface area contributed by atoms with Gasteiger partial charge in [0.25, 0.3) is 11.5 Å². The Morgan fingerprint density at radius 1 is 1.10 bits per heavy atom. The fourth-order valence-corrected chi connectivity index (χ4v) is 3.90. The van der Waals surface area contributed by atoms with Crippen molar-refractivity contribution in [3.8, 4) is 0 Å². The monoisotopic (exact) mass is 420 g/mol. The summed E-state index contributed by atoms with van der Waals surface area (Å²) in [6.45, 7) is 3.69. The van der Waals surface area contributed by atoms with Gasteiger partial charge in [-0.25, -0.2) is 4.79 Å². The van der Waals surface area contributed by atoms with E-state index < -0.39 is 5.69 Å². The Labute approximate surface area is 178 Å². The summed E-state index contributed by atoms with van der Waals surface area (Å²) in [5, 5.41) is 3.23. The minimum Gasteiger partial charge on any atom is -0.348 e. The number of hydrogen-bond donors (Lipinski definition) is 2. The van der Waals surface area contributed by atoms with Crippen molar-refractivity contribution in [3.05, 3.63) is 80.0 Å². The average Bonchev–Trinajstić information content (AvgIpc) is 3.16. The normalized spacial score (nSPS) is 13.7. The van der Waals surface area contributed by atoms with E-state index in [0.29, 0.717) is 36.0 Å². The van der Waals surface area contributed by atoms with Gasteiger partial charge in [0, 0.05) is 38.2 Å². The first-order valence-electron chi connectivity index (χ1n) is 10.4. The molecule has 0 unspecified atom stereocenters. The highest BCUT2D eigenvalue weighted by Gasteiger charge is 2.20. The molecule has 31 heavy (non-hydrogen) atoms. The second kappa shape index (κ2) is 8.59. The third-order valence-electron chi connectivity index (χ3n) is 5.55. The summed E-state index contributed by atoms with van der Waals surface area (Å²) in [6, 6.07) is 12.4. The predicted molar refractivity (Wildman–Crippen MR) is 117 cm³/mol. The van der Waals surface area contributed by atoms with Crippen LogP contribution in [0.5, 0.6) is 0 Å². The summed E-state index contributed by atoms with van der Waals surface area (Å²) >= 11 is 0. The molecular weight excluding hydrogens is 396 g/mol. The average molecular weight is 420 g/mol. The van der Waals surface area contributed by atoms with Crippen LogP contribution in [0.4, 0.5) is 0 Å². The first-order chi connectivity index (χ1) is 15.0. The van der Waals surface area contributed by atoms with Crippen LogP contribution in [0.15, 0.2) is 52.1 Å². The van der Waals surface area contributed by atoms with Crippen LogP contribution in [0.25, 0.3) is 10.9 Å². The number of carbonyl (C=O) groups is 2. The zero-order valence-corrected chi connectivity index (χ0v) is 17.3. The quantitative estimate of drug-likeness (QED) is 0.634. The maximum absolute atomic E-state index is 12.6. The highest BCUT2D eigenvalue weighted by atomic mass is 16.2. The molecule has 160 valence electrons. The van der Waals surface area contributed by atoms with E-state index in [-0.39, 0.29) is 23.9 Å². The molecule has 0 atom stereocenters. The lowest BCUT2D eigenvalue weighted by atomic mass is 10.1. The van der Waals surface area contributed by atoms with E-state index in [9.17, 15) is 19.2 Å². The molecule has 2 heterocycles. The van der Waals surface area contributed by atoms with Gasteiger partial charge in [-0.15, -0.1) is 0 Å². The van der Waals surface area contributed by atoms with Crippen molar-refractivity contribution in [2.24, 2.45) is 0 Å². The number of likely N-dealkylation sites (tertiary alicyclic amines) is 1. The predicted octanol–water partition coefficient (Wildman–Crippen LogP) is 1.76. The number of nitrogens with zero attached hydrogens (tertiary/aromatic N) is 2. The summed E-state index contributed by atoms with van der Waals surface area (Å²) in [7, 11) is 0. The number of aromatic amines is 1. The second-order valence-corrected chi connectivity index (χ2v) is 7.66. The summed E-state index contributed by atoms with van der Waals surface area (Å²) in [6.07, 6.45) is 1.51. The number of aromatic nitrogens is 2. The van der Waals surface area contributed by atoms with Crippen LogP contribution in [-0.4, -0.2) is 32.8 Å². The Morgan fingerprint density at radius 3 is 2.65 bits per heavy atom. The maximum Gasteiger partial charge on any atom is 0.328 e. The highest BCUT2D eigenvalue weighted by Crippen LogP contribution is 2.15. The van der Waals surface area contributed by atoms with Crippen LogP contribution in [0, 0.1) is 0 Å². The van der Waals surface area contributed by atoms with Crippen molar-refractivity contribution in [3.63, 3.8) is 0 Å². The van der Waals surface area contributed by atoms with E-state index in [2.05, 4.69) is 10.3 Å². The summed E-state index contributed by atoms with van der Waals surface area (Å²) in [4.78, 5) is 53.4. The van der Waals surface area contributed by atoms with Gasteiger partial charge in [-0.3, -0.25) is 19.0 Å². The van der Waals surface area contributed by atoms with Crippen LogP contribution in [0.1, 0.15) is 41.3 Å². The lowest BCUT2D eigenvalue weighted by molar-refractivity contribution is -0.128. The molecule has 0 aliphatic carbocycles. The van der Waals surface area contributed by atoms with Gasteiger partial charge in [-0.2, -0.15) is 0 Å². The molecule has 3 aromatic rings. The zero-order valence-electron chi connectivity index (χ0n) is 17.3. The van der Waals surface area contributed by atoms with Gasteiger partial charge in [0.1, 0.15) is 0 Å². The van der Waals surface area contributed by atoms with Crippen molar-refractivity contribution in [2.75, 3.05) is 6.54 Å². The molecule has 1 fully saturated rings. The molecule has 8 heteroatoms. The lowest BCUT2D eigenvalue weighted by Crippen LogP contribution is -2.34. The summed E-state index contributed by atoms with van der Waals surface area (Å²) in [5.74, 6) is -0.124. The van der Waals surface area contributed by atoms with Crippen LogP contribution in [0.3, 0.4) is 0 Å². The largest absolute Gasteiger partial charge is 0.348 e. The van der Waals surface area contributed by atoms with Crippen molar-refractivity contribution in [2.45, 2.75) is 39.4 Å². The number of fused-ring (bicyclic) bond motifs is 1. The summed E-state index contributed by atoms with van der Waals surface area (Å²) < 4.78 is 1.12. The molecule has 8 nitrogen and oxygen atoms in total. The standard InChI is InChI=1S/C23H24N4O4/c1-2-27-22(30)18-9-8-17(12-19(18)25-23(27)31)21(29)24-13-15-5-3-6-16(11-15)14-26-10-4-7-20(26)28/h3,5-6,8-9,11-12H,2,4,7,10,13-14H2,1H3,(H,24,29)(H,25,31). The van der Waals surface area contributed by atoms with Crippen LogP contribution < -0.4 is 16.6 Å². The molecular formula is C23H24N4O4. The first-order valence-corrected chi connectivity index (χ1v) is 10.4. The van der Waals surface area contributed by atoms with Crippen LogP contribution in [-0.2, 0) is 24.4 Å². The second-order valence-electron chi connectivity index (χ2n) is 7.66. The molecule has 0 spiro atoms. The molecule has 0 radical (unpaired) electrons. The third kappa shape index (κ3) is 4.28. The Hall–Kier alpha value is -3.68. The van der Waals surface area contributed by atoms with E-state index >= 15 is 0 Å². The number of benzene rings is 2. The minimum atomic E-state index is -0.495. The Balaban J connectivity index is 1.47. The van der Waals surface area contributed by atoms with Crippen molar-refractivity contribution in [1.29, 1.82) is 0 Å². The molecule has 2 aromatic carbocycles. The molecule has 2 N–H and O–H groups in total. The fourth-order valence-electron chi connectivity index (χ4n) is 3.90. The van der Waals surface area contributed by atoms with Gasteiger partial charge in [-0.05, 0) is 42.7 Å². The minimum absolute atomic E-state index is 0.179. The molecule has 0 bridgehead atoms. The van der Waals surface area contributed by atoms with E-state index in [1.165, 1.54) is 6.07 Å². The van der Waals surface area contributed by atoms with E-state index in [1.54, 1.807) is 19.1 Å². The van der Waals surface area contributed by atoms with Crippen LogP contribution in [0.2, 0.25) is 0 Å². The molecule has 0 saturated carbocycles. The van der Waals surface area contributed by atoms with E-state index in [4.69, 9.17) is 0 Å². The highest BCUT2D eigenvalue weighted by molar-refractivity contribution is 5.97. The van der Waals surface area contributed by atoms with Crippen molar-refractivity contribution in [1.82, 2.24) is 19.8 Å². The Kier molecular flexibility index (Phi) is 5.70. The molecule has 1 aliphatic rings. The Morgan fingerprint density at radius 2 is 1.90 bits per heavy atom. The van der Waals surface area contributed by atoms with Gasteiger partial charge in [-0.1, -0.05) is 24.3 Å². The van der Waals surface area contributed by atoms with Crippen LogP contribution >= 0.6 is 0 Å². The van der Waals surface area contributed by atoms with Gasteiger partial charge >= 0.3 is 5.69 Å². The summed E-state index contributed by atoms with van der Waals surface area (Å²) in [5.41, 5.74) is 1.78. The molecule has 1 aliphatic heterocycles. The molecule has 2 amide bonds. The number of amides is 2. The number of hydrogen-bond acceptors (Lipinski definition) is 4. The number of rotatable bonds is 6. The molecule has 1 saturated heterocycles. The molecule has 1 aromatic heterocycles. The fraction of sp³-hybridized carbons (Fsp3) is 0.304. The van der Waals surface area contributed by atoms with Gasteiger partial charge < -0.3 is 15.2 Å². The third-order valence-corrected chi connectivity index (χ3v) is 5.55. The van der Waals surface area contributed by atoms with Gasteiger partial charge in [0.05, 0.1) is 10.9 Å². The topological polar surface area (TPSA) is 104 Å². The zero-order chi connectivity index (χ0) is 22.0. The smallest absolute Gasteiger partial charge is 0.328 e. The van der Waals surface area contributed by atoms with Crippen molar-refractivity contribution < 1.29 is 9.59 Å². The molecule has 4 rings (SSSR count). The SMILES string of the molecule is CCn1c(=O)[nH]c2cc(C(=O)NCc3cccc(CN4CCCC4=O)c3)ccc2c1=O. The number of H-pyrrole nitrogens is 1. The number of nitrogens with one attached hydrogen (secondary N) is 2. The maximum atomic E-state index is 12.6. The van der Waals surface area contributed by atoms with Gasteiger partial charge in [0.15, 0.2) is 0 Å². The van der Waals surface area contributed by atoms with Crippen molar-refractivity contribution >= 4 is 22.7 Å².